The van der Waals surface area contributed by atoms with Crippen molar-refractivity contribution in [3.05, 3.63) is 23.8 Å². The van der Waals surface area contributed by atoms with E-state index in [1.54, 1.807) is 0 Å². The molecule has 1 aliphatic rings. The van der Waals surface area contributed by atoms with Gasteiger partial charge in [0.1, 0.15) is 5.75 Å². The molecule has 7 heteroatoms. The van der Waals surface area contributed by atoms with Crippen LogP contribution < -0.4 is 10.5 Å². The van der Waals surface area contributed by atoms with Gasteiger partial charge in [-0.15, -0.1) is 10.2 Å². The van der Waals surface area contributed by atoms with Crippen LogP contribution in [0.25, 0.3) is 16.5 Å². The lowest BCUT2D eigenvalue weighted by Crippen LogP contribution is -2.26. The molecule has 0 saturated heterocycles. The number of thiocarbonyl (C=S) groups is 1. The predicted molar refractivity (Wildman–Crippen MR) is 99.0 cm³/mol. The molecule has 126 valence electrons. The van der Waals surface area contributed by atoms with Gasteiger partial charge < -0.3 is 20.1 Å². The van der Waals surface area contributed by atoms with Crippen molar-refractivity contribution in [1.82, 2.24) is 4.57 Å². The van der Waals surface area contributed by atoms with Crippen LogP contribution in [0.15, 0.2) is 28.4 Å². The first-order valence-corrected chi connectivity index (χ1v) is 8.12. The van der Waals surface area contributed by atoms with Crippen molar-refractivity contribution >= 4 is 39.5 Å². The van der Waals surface area contributed by atoms with Gasteiger partial charge in [-0.3, -0.25) is 0 Å². The lowest BCUT2D eigenvalue weighted by molar-refractivity contribution is 0.340. The number of hydrogen-bond donors (Lipinski definition) is 2. The van der Waals surface area contributed by atoms with E-state index in [0.717, 1.165) is 27.8 Å². The number of azo groups is 1. The number of rotatable bonds is 3. The number of nitrogens with zero attached hydrogens (tertiary/aromatic N) is 3. The molecule has 2 heterocycles. The smallest absolute Gasteiger partial charge is 0.221 e. The van der Waals surface area contributed by atoms with E-state index in [-0.39, 0.29) is 11.0 Å². The van der Waals surface area contributed by atoms with E-state index in [0.29, 0.717) is 12.3 Å². The third-order valence-electron chi connectivity index (χ3n) is 4.12. The van der Waals surface area contributed by atoms with E-state index in [1.807, 2.05) is 37.5 Å². The number of benzene rings is 1. The SMILES string of the molecule is CCOc1cc2c3c(c1)c(N=NC(N)=S)c(O)n3C(C)(C)C=C2C. The Hall–Kier alpha value is -2.41. The molecule has 3 N–H and O–H groups in total. The second kappa shape index (κ2) is 5.59. The van der Waals surface area contributed by atoms with Gasteiger partial charge >= 0.3 is 0 Å². The summed E-state index contributed by atoms with van der Waals surface area (Å²) in [5.74, 6) is 0.755. The molecule has 3 rings (SSSR count). The highest BCUT2D eigenvalue weighted by atomic mass is 32.1. The number of hydrogen-bond acceptors (Lipinski definition) is 4. The molecule has 2 aromatic rings. The molecule has 0 bridgehead atoms. The molecule has 0 radical (unpaired) electrons. The van der Waals surface area contributed by atoms with Crippen molar-refractivity contribution < 1.29 is 9.84 Å². The highest BCUT2D eigenvalue weighted by Gasteiger charge is 2.32. The summed E-state index contributed by atoms with van der Waals surface area (Å²) in [6.07, 6.45) is 2.11. The lowest BCUT2D eigenvalue weighted by Gasteiger charge is -2.31. The minimum absolute atomic E-state index is 0.0358. The maximum absolute atomic E-state index is 10.8. The molecule has 1 aromatic heterocycles. The summed E-state index contributed by atoms with van der Waals surface area (Å²) in [6, 6.07) is 3.85. The third-order valence-corrected chi connectivity index (χ3v) is 4.20. The van der Waals surface area contributed by atoms with Gasteiger partial charge in [-0.2, -0.15) is 0 Å². The Morgan fingerprint density at radius 1 is 1.42 bits per heavy atom. The molecule has 0 unspecified atom stereocenters. The van der Waals surface area contributed by atoms with Crippen LogP contribution in [0.3, 0.4) is 0 Å². The molecule has 0 aliphatic carbocycles. The number of aromatic hydroxyl groups is 1. The summed E-state index contributed by atoms with van der Waals surface area (Å²) in [5, 5.41) is 19.3. The second-order valence-corrected chi connectivity index (χ2v) is 6.75. The first-order valence-electron chi connectivity index (χ1n) is 7.72. The van der Waals surface area contributed by atoms with Gasteiger partial charge in [-0.25, -0.2) is 0 Å². The number of nitrogens with two attached hydrogens (primary N) is 1. The van der Waals surface area contributed by atoms with Gasteiger partial charge in [-0.1, -0.05) is 6.08 Å². The van der Waals surface area contributed by atoms with E-state index < -0.39 is 5.54 Å². The molecule has 6 nitrogen and oxygen atoms in total. The molecule has 0 atom stereocenters. The van der Waals surface area contributed by atoms with Gasteiger partial charge in [0.15, 0.2) is 5.69 Å². The van der Waals surface area contributed by atoms with Crippen LogP contribution in [0, 0.1) is 0 Å². The van der Waals surface area contributed by atoms with Crippen molar-refractivity contribution in [2.75, 3.05) is 6.61 Å². The first-order chi connectivity index (χ1) is 11.3. The van der Waals surface area contributed by atoms with Gasteiger partial charge in [0.2, 0.25) is 11.0 Å². The summed E-state index contributed by atoms with van der Waals surface area (Å²) in [5.41, 5.74) is 8.38. The zero-order chi connectivity index (χ0) is 17.6. The maximum atomic E-state index is 10.8. The normalized spacial score (nSPS) is 15.8. The molecule has 0 fully saturated rings. The largest absolute Gasteiger partial charge is 0.494 e. The third kappa shape index (κ3) is 2.45. The Balaban J connectivity index is 2.41. The number of allylic oxidation sites excluding steroid dienone is 2. The summed E-state index contributed by atoms with van der Waals surface area (Å²) < 4.78 is 7.53. The molecular weight excluding hydrogens is 324 g/mol. The van der Waals surface area contributed by atoms with Crippen LogP contribution in [-0.2, 0) is 5.54 Å². The number of ether oxygens (including phenoxy) is 1. The highest BCUT2D eigenvalue weighted by Crippen LogP contribution is 2.49. The molecule has 0 spiro atoms. The quantitative estimate of drug-likeness (QED) is 0.645. The van der Waals surface area contributed by atoms with E-state index in [2.05, 4.69) is 23.2 Å². The van der Waals surface area contributed by atoms with Crippen molar-refractivity contribution in [2.24, 2.45) is 16.0 Å². The Morgan fingerprint density at radius 2 is 2.12 bits per heavy atom. The zero-order valence-corrected chi connectivity index (χ0v) is 14.9. The summed E-state index contributed by atoms with van der Waals surface area (Å²) in [6.45, 7) is 8.59. The van der Waals surface area contributed by atoms with Gasteiger partial charge in [-0.05, 0) is 57.6 Å². The molecule has 1 aliphatic heterocycles. The fraction of sp³-hybridized carbons (Fsp3) is 0.353. The van der Waals surface area contributed by atoms with Crippen LogP contribution in [0.1, 0.15) is 33.3 Å². The minimum atomic E-state index is -0.399. The average Bonchev–Trinajstić information content (AvgIpc) is 2.75. The standard InChI is InChI=1S/C17H20N4O2S/c1-5-23-10-6-11-9(2)8-17(3,4)21-14(11)12(7-10)13(15(21)22)19-20-16(18)24/h6-8,22H,5H2,1-4H3,(H2,18,24). The summed E-state index contributed by atoms with van der Waals surface area (Å²) in [7, 11) is 0. The van der Waals surface area contributed by atoms with Crippen LogP contribution in [0.4, 0.5) is 5.69 Å². The lowest BCUT2D eigenvalue weighted by atomic mass is 9.92. The molecule has 0 saturated carbocycles. The van der Waals surface area contributed by atoms with Crippen LogP contribution in [0.2, 0.25) is 0 Å². The Kier molecular flexibility index (Phi) is 3.83. The van der Waals surface area contributed by atoms with E-state index in [9.17, 15) is 5.11 Å². The topological polar surface area (TPSA) is 85.1 Å². The minimum Gasteiger partial charge on any atom is -0.494 e. The maximum Gasteiger partial charge on any atom is 0.221 e. The highest BCUT2D eigenvalue weighted by molar-refractivity contribution is 7.80. The fourth-order valence-electron chi connectivity index (χ4n) is 3.34. The molecule has 0 amide bonds. The predicted octanol–water partition coefficient (Wildman–Crippen LogP) is 4.22. The Labute approximate surface area is 145 Å². The summed E-state index contributed by atoms with van der Waals surface area (Å²) in [4.78, 5) is 0. The van der Waals surface area contributed by atoms with Crippen LogP contribution in [0.5, 0.6) is 11.6 Å². The Bertz CT molecular complexity index is 909. The van der Waals surface area contributed by atoms with Gasteiger partial charge in [0.05, 0.1) is 17.7 Å². The second-order valence-electron chi connectivity index (χ2n) is 6.33. The molecular formula is C17H20N4O2S. The van der Waals surface area contributed by atoms with E-state index in [4.69, 9.17) is 22.7 Å². The Morgan fingerprint density at radius 3 is 2.75 bits per heavy atom. The average molecular weight is 344 g/mol. The van der Waals surface area contributed by atoms with Crippen molar-refractivity contribution in [2.45, 2.75) is 33.2 Å². The van der Waals surface area contributed by atoms with E-state index in [1.165, 1.54) is 0 Å². The fourth-order valence-corrected chi connectivity index (χ4v) is 3.38. The van der Waals surface area contributed by atoms with Gasteiger partial charge in [0, 0.05) is 10.9 Å². The van der Waals surface area contributed by atoms with Gasteiger partial charge in [0.25, 0.3) is 0 Å². The van der Waals surface area contributed by atoms with Crippen molar-refractivity contribution in [3.8, 4) is 11.6 Å². The summed E-state index contributed by atoms with van der Waals surface area (Å²) >= 11 is 4.76. The number of aromatic nitrogens is 1. The van der Waals surface area contributed by atoms with Crippen LogP contribution in [-0.4, -0.2) is 21.4 Å². The first kappa shape index (κ1) is 16.4. The monoisotopic (exact) mass is 344 g/mol. The zero-order valence-electron chi connectivity index (χ0n) is 14.1. The van der Waals surface area contributed by atoms with Crippen LogP contribution >= 0.6 is 12.2 Å². The van der Waals surface area contributed by atoms with Crippen molar-refractivity contribution in [3.63, 3.8) is 0 Å². The van der Waals surface area contributed by atoms with Crippen molar-refractivity contribution in [1.29, 1.82) is 0 Å². The molecule has 24 heavy (non-hydrogen) atoms. The van der Waals surface area contributed by atoms with E-state index >= 15 is 0 Å². The molecule has 1 aromatic carbocycles.